The quantitative estimate of drug-likeness (QED) is 0.592. The fraction of sp³-hybridized carbons (Fsp3) is 0. The molecule has 0 saturated carbocycles. The first kappa shape index (κ1) is 13.1. The van der Waals surface area contributed by atoms with E-state index in [1.54, 1.807) is 29.1 Å². The molecule has 4 aromatic rings. The molecule has 2 heterocycles. The van der Waals surface area contributed by atoms with Gasteiger partial charge in [0.25, 0.3) is 0 Å². The highest BCUT2D eigenvalue weighted by Gasteiger charge is 2.10. The summed E-state index contributed by atoms with van der Waals surface area (Å²) in [6.07, 6.45) is 1.76. The van der Waals surface area contributed by atoms with E-state index in [0.29, 0.717) is 11.4 Å². The number of nitrogens with one attached hydrogen (secondary N) is 1. The Kier molecular flexibility index (Phi) is 2.87. The summed E-state index contributed by atoms with van der Waals surface area (Å²) in [5, 5.41) is 19.3. The molecule has 8 heteroatoms. The molecule has 2 aromatic carbocycles. The normalized spacial score (nSPS) is 11.0. The molecular weight excluding hydrogens is 294 g/mol. The molecule has 8 nitrogen and oxygen atoms in total. The molecular formula is C15H11N7O. The summed E-state index contributed by atoms with van der Waals surface area (Å²) in [6.45, 7) is 0. The maximum atomic E-state index is 11.4. The minimum atomic E-state index is -0.476. The zero-order valence-electron chi connectivity index (χ0n) is 11.8. The van der Waals surface area contributed by atoms with E-state index in [9.17, 15) is 4.79 Å². The first-order valence-electron chi connectivity index (χ1n) is 6.84. The molecule has 0 aliphatic carbocycles. The van der Waals surface area contributed by atoms with Crippen molar-refractivity contribution >= 4 is 16.8 Å². The third-order valence-corrected chi connectivity index (χ3v) is 3.55. The number of H-pyrrole nitrogens is 1. The van der Waals surface area contributed by atoms with Crippen molar-refractivity contribution in [2.45, 2.75) is 0 Å². The van der Waals surface area contributed by atoms with Crippen LogP contribution in [0, 0.1) is 0 Å². The molecule has 0 radical (unpaired) electrons. The van der Waals surface area contributed by atoms with Gasteiger partial charge < -0.3 is 5.73 Å². The fourth-order valence-electron chi connectivity index (χ4n) is 2.44. The highest BCUT2D eigenvalue weighted by Crippen LogP contribution is 2.24. The number of aromatic amines is 1. The molecule has 112 valence electrons. The molecule has 3 N–H and O–H groups in total. The lowest BCUT2D eigenvalue weighted by molar-refractivity contribution is 0.100. The van der Waals surface area contributed by atoms with E-state index in [4.69, 9.17) is 5.73 Å². The highest BCUT2D eigenvalue weighted by atomic mass is 16.1. The molecule has 23 heavy (non-hydrogen) atoms. The van der Waals surface area contributed by atoms with Crippen molar-refractivity contribution in [1.82, 2.24) is 30.4 Å². The second-order valence-corrected chi connectivity index (χ2v) is 4.98. The number of nitrogens with two attached hydrogens (primary N) is 1. The summed E-state index contributed by atoms with van der Waals surface area (Å²) in [5.74, 6) is 0.0290. The van der Waals surface area contributed by atoms with Crippen LogP contribution in [0.1, 0.15) is 10.4 Å². The van der Waals surface area contributed by atoms with E-state index in [-0.39, 0.29) is 0 Å². The standard InChI is InChI=1S/C15H11N7O/c16-14(23)9-2-1-3-12(6-9)22-13-7-10(15-18-20-21-19-15)4-5-11(13)8-17-22/h1-8H,(H2,16,23)(H,18,19,20,21). The van der Waals surface area contributed by atoms with Crippen molar-refractivity contribution in [3.63, 3.8) is 0 Å². The zero-order chi connectivity index (χ0) is 15.8. The summed E-state index contributed by atoms with van der Waals surface area (Å²) in [5.41, 5.74) is 8.21. The van der Waals surface area contributed by atoms with Crippen LogP contribution in [0.2, 0.25) is 0 Å². The number of hydrogen-bond donors (Lipinski definition) is 2. The number of carbonyl (C=O) groups is 1. The first-order valence-corrected chi connectivity index (χ1v) is 6.84. The Hall–Kier alpha value is -3.55. The first-order chi connectivity index (χ1) is 11.2. The lowest BCUT2D eigenvalue weighted by Crippen LogP contribution is -2.11. The number of fused-ring (bicyclic) bond motifs is 1. The molecule has 0 spiro atoms. The number of benzene rings is 2. The van der Waals surface area contributed by atoms with Crippen LogP contribution in [0.3, 0.4) is 0 Å². The van der Waals surface area contributed by atoms with E-state index in [1.165, 1.54) is 0 Å². The smallest absolute Gasteiger partial charge is 0.248 e. The molecule has 0 aliphatic heterocycles. The maximum absolute atomic E-state index is 11.4. The van der Waals surface area contributed by atoms with Crippen LogP contribution in [0.5, 0.6) is 0 Å². The fourth-order valence-corrected chi connectivity index (χ4v) is 2.44. The summed E-state index contributed by atoms with van der Waals surface area (Å²) < 4.78 is 1.74. The van der Waals surface area contributed by atoms with Crippen molar-refractivity contribution in [3.05, 3.63) is 54.2 Å². The number of tetrazole rings is 1. The average Bonchev–Trinajstić information content (AvgIpc) is 3.24. The van der Waals surface area contributed by atoms with Crippen molar-refractivity contribution in [2.75, 3.05) is 0 Å². The second-order valence-electron chi connectivity index (χ2n) is 4.98. The highest BCUT2D eigenvalue weighted by molar-refractivity contribution is 5.93. The minimum absolute atomic E-state index is 0.431. The number of hydrogen-bond acceptors (Lipinski definition) is 5. The van der Waals surface area contributed by atoms with Gasteiger partial charge in [0.2, 0.25) is 11.7 Å². The SMILES string of the molecule is NC(=O)c1cccc(-n2ncc3ccc(-c4nn[nH]n4)cc32)c1. The van der Waals surface area contributed by atoms with Gasteiger partial charge in [-0.1, -0.05) is 18.2 Å². The number of carbonyl (C=O) groups excluding carboxylic acids is 1. The number of aromatic nitrogens is 6. The molecule has 0 fully saturated rings. The van der Waals surface area contributed by atoms with Crippen LogP contribution in [-0.2, 0) is 0 Å². The Morgan fingerprint density at radius 1 is 1.17 bits per heavy atom. The van der Waals surface area contributed by atoms with Crippen LogP contribution < -0.4 is 5.73 Å². The summed E-state index contributed by atoms with van der Waals surface area (Å²) in [6, 6.07) is 12.8. The Morgan fingerprint density at radius 2 is 2.09 bits per heavy atom. The van der Waals surface area contributed by atoms with Gasteiger partial charge in [-0.25, -0.2) is 4.68 Å². The van der Waals surface area contributed by atoms with E-state index >= 15 is 0 Å². The summed E-state index contributed by atoms with van der Waals surface area (Å²) in [7, 11) is 0. The van der Waals surface area contributed by atoms with Gasteiger partial charge in [0.1, 0.15) is 0 Å². The van der Waals surface area contributed by atoms with Gasteiger partial charge in [-0.2, -0.15) is 10.3 Å². The number of amides is 1. The average molecular weight is 305 g/mol. The van der Waals surface area contributed by atoms with Gasteiger partial charge in [0.15, 0.2) is 0 Å². The zero-order valence-corrected chi connectivity index (χ0v) is 11.8. The molecule has 0 aliphatic rings. The minimum Gasteiger partial charge on any atom is -0.366 e. The van der Waals surface area contributed by atoms with Crippen LogP contribution in [-0.4, -0.2) is 36.3 Å². The van der Waals surface area contributed by atoms with Crippen LogP contribution >= 0.6 is 0 Å². The maximum Gasteiger partial charge on any atom is 0.248 e. The Morgan fingerprint density at radius 3 is 2.87 bits per heavy atom. The third kappa shape index (κ3) is 2.22. The lowest BCUT2D eigenvalue weighted by Gasteiger charge is -2.05. The Labute approximate surface area is 129 Å². The van der Waals surface area contributed by atoms with Crippen molar-refractivity contribution in [3.8, 4) is 17.1 Å². The molecule has 0 bridgehead atoms. The van der Waals surface area contributed by atoms with Gasteiger partial charge in [-0.05, 0) is 29.5 Å². The Bertz CT molecular complexity index is 1000. The predicted molar refractivity (Wildman–Crippen MR) is 82.8 cm³/mol. The molecule has 4 rings (SSSR count). The Balaban J connectivity index is 1.89. The molecule has 2 aromatic heterocycles. The van der Waals surface area contributed by atoms with Gasteiger partial charge in [-0.3, -0.25) is 4.79 Å². The topological polar surface area (TPSA) is 115 Å². The largest absolute Gasteiger partial charge is 0.366 e. The molecule has 0 saturated heterocycles. The number of rotatable bonds is 3. The van der Waals surface area contributed by atoms with Crippen molar-refractivity contribution < 1.29 is 4.79 Å². The third-order valence-electron chi connectivity index (χ3n) is 3.55. The van der Waals surface area contributed by atoms with Crippen molar-refractivity contribution in [2.24, 2.45) is 5.73 Å². The van der Waals surface area contributed by atoms with Gasteiger partial charge in [0.05, 0.1) is 17.4 Å². The lowest BCUT2D eigenvalue weighted by atomic mass is 10.1. The second kappa shape index (κ2) is 5.02. The summed E-state index contributed by atoms with van der Waals surface area (Å²) in [4.78, 5) is 11.4. The van der Waals surface area contributed by atoms with Gasteiger partial charge in [-0.15, -0.1) is 10.2 Å². The molecule has 1 amide bonds. The van der Waals surface area contributed by atoms with Crippen LogP contribution in [0.15, 0.2) is 48.7 Å². The number of nitrogens with zero attached hydrogens (tertiary/aromatic N) is 5. The van der Waals surface area contributed by atoms with E-state index in [2.05, 4.69) is 25.7 Å². The van der Waals surface area contributed by atoms with E-state index in [1.807, 2.05) is 24.3 Å². The van der Waals surface area contributed by atoms with Gasteiger partial charge in [0, 0.05) is 16.5 Å². The molecule has 0 atom stereocenters. The van der Waals surface area contributed by atoms with Crippen LogP contribution in [0.4, 0.5) is 0 Å². The predicted octanol–water partition coefficient (Wildman–Crippen LogP) is 1.30. The van der Waals surface area contributed by atoms with E-state index < -0.39 is 5.91 Å². The van der Waals surface area contributed by atoms with Crippen LogP contribution in [0.25, 0.3) is 28.0 Å². The van der Waals surface area contributed by atoms with Crippen molar-refractivity contribution in [1.29, 1.82) is 0 Å². The monoisotopic (exact) mass is 305 g/mol. The van der Waals surface area contributed by atoms with E-state index in [0.717, 1.165) is 22.2 Å². The van der Waals surface area contributed by atoms with Gasteiger partial charge >= 0.3 is 0 Å². The summed E-state index contributed by atoms with van der Waals surface area (Å²) >= 11 is 0. The molecule has 0 unspecified atom stereocenters. The number of primary amides is 1.